The first-order chi connectivity index (χ1) is 41.7. The van der Waals surface area contributed by atoms with E-state index in [2.05, 4.69) is 49.5 Å². The number of cyclic esters (lactones) is 1. The lowest BCUT2D eigenvalue weighted by Gasteiger charge is -2.29. The zero-order chi connectivity index (χ0) is 66.0. The number of aliphatic hydroxyl groups is 4. The summed E-state index contributed by atoms with van der Waals surface area (Å²) in [7, 11) is 0. The third-order valence-electron chi connectivity index (χ3n) is 13.5. The molecular weight excluding hydrogens is 1180 g/mol. The minimum absolute atomic E-state index is 0.0351. The minimum Gasteiger partial charge on any atom is -0.494 e. The van der Waals surface area contributed by atoms with E-state index in [-0.39, 0.29) is 38.8 Å². The summed E-state index contributed by atoms with van der Waals surface area (Å²) in [4.78, 5) is 163. The van der Waals surface area contributed by atoms with Gasteiger partial charge in [0.05, 0.1) is 43.6 Å². The number of alkyl halides is 1. The molecule has 0 spiro atoms. The number of nitrogens with two attached hydrogens (primary N) is 3. The van der Waals surface area contributed by atoms with Crippen LogP contribution in [0.1, 0.15) is 110 Å². The standard InChI is InChI=1S/C55H87ClN12O20/c1-4-6-7-8-9-12-22-87-32-15-13-14-30(24-32)23-31(70)25-40(72)60-38-28-88-55(86)43(39(71)27-56)67-46(76)33(5-2)61-52(82)42(29(3)69)66-49(79)36(18-21-59)64-53(83)44(45(75)54(84)85)68-48(78)34(16-10-11-19-57)62-50(80)37(26-41(73)74)65-47(77)35(17-20-58)63-51(38)81/h5,13-15,24,29,31,34-39,42-45,69-71,75H,4,6-12,16-23,25-28,57-59H2,1-3H3,(H,60,72)(H,61,82)(H,62,80)(H,63,81)(H,64,83)(H,65,77)(H,66,79)(H,67,76)(H,68,78)(H,73,74)(H,84,85)/b33-5+/t29-,31-,34?,35?,36-,37-,38?,39+,42?,43?,44?,45-/m0/s1. The molecule has 88 heavy (non-hydrogen) atoms. The molecule has 33 heteroatoms. The number of nitrogens with one attached hydrogen (secondary N) is 9. The SMILES string of the molecule is C/C=C1/NC(=O)C([C@H](C)O)NC(=O)[C@H](CCN)NC(=O)C([C@H](O)C(=O)O)NC(=O)C(CCCCN)NC(=O)[C@H](CC(=O)O)NC(=O)C(CCN)NC(=O)C(NC(=O)C[C@@H](O)Cc2cccc(OCCCCCCCC)c2)COC(=O)C([C@H](O)CCl)NC1=O. The first kappa shape index (κ1) is 76.5. The summed E-state index contributed by atoms with van der Waals surface area (Å²) in [5, 5.41) is 82.6. The van der Waals surface area contributed by atoms with Gasteiger partial charge in [-0.15, -0.1) is 11.6 Å². The molecule has 2 rings (SSSR count). The molecule has 21 N–H and O–H groups in total. The highest BCUT2D eigenvalue weighted by molar-refractivity contribution is 6.18. The number of amides is 9. The van der Waals surface area contributed by atoms with Crippen molar-refractivity contribution in [3.8, 4) is 5.75 Å². The molecule has 1 aliphatic rings. The number of aliphatic carboxylic acids is 2. The van der Waals surface area contributed by atoms with Crippen LogP contribution in [0.2, 0.25) is 0 Å². The van der Waals surface area contributed by atoms with Gasteiger partial charge in [0.1, 0.15) is 60.3 Å². The summed E-state index contributed by atoms with van der Waals surface area (Å²) in [6.07, 6.45) is -3.78. The van der Waals surface area contributed by atoms with E-state index < -0.39 is 194 Å². The predicted molar refractivity (Wildman–Crippen MR) is 312 cm³/mol. The topological polar surface area (TPSA) is 531 Å². The van der Waals surface area contributed by atoms with Gasteiger partial charge >= 0.3 is 17.9 Å². The maximum atomic E-state index is 14.3. The molecule has 32 nitrogen and oxygen atoms in total. The Hall–Kier alpha value is -7.59. The van der Waals surface area contributed by atoms with E-state index in [4.69, 9.17) is 38.3 Å². The van der Waals surface area contributed by atoms with Crippen molar-refractivity contribution < 1.29 is 97.6 Å². The third kappa shape index (κ3) is 27.2. The second kappa shape index (κ2) is 40.8. The molecule has 1 aromatic carbocycles. The maximum absolute atomic E-state index is 14.3. The molecule has 1 saturated heterocycles. The molecule has 1 fully saturated rings. The van der Waals surface area contributed by atoms with Crippen molar-refractivity contribution in [1.29, 1.82) is 0 Å². The fourth-order valence-electron chi connectivity index (χ4n) is 8.61. The number of halogens is 1. The number of aliphatic hydroxyl groups excluding tert-OH is 4. The van der Waals surface area contributed by atoms with Gasteiger partial charge in [0.25, 0.3) is 5.91 Å². The molecule has 0 bridgehead atoms. The van der Waals surface area contributed by atoms with Crippen molar-refractivity contribution in [2.45, 2.75) is 183 Å². The highest BCUT2D eigenvalue weighted by atomic mass is 35.5. The lowest BCUT2D eigenvalue weighted by atomic mass is 10.0. The number of carbonyl (C=O) groups is 12. The van der Waals surface area contributed by atoms with Crippen molar-refractivity contribution >= 4 is 82.7 Å². The first-order valence-corrected chi connectivity index (χ1v) is 29.4. The predicted octanol–water partition coefficient (Wildman–Crippen LogP) is -5.10. The molecule has 12 atom stereocenters. The van der Waals surface area contributed by atoms with Gasteiger partial charge in [-0.3, -0.25) is 47.9 Å². The van der Waals surface area contributed by atoms with Crippen molar-refractivity contribution in [3.05, 3.63) is 41.6 Å². The number of carbonyl (C=O) groups excluding carboxylic acids is 10. The van der Waals surface area contributed by atoms with Crippen molar-refractivity contribution in [1.82, 2.24) is 47.9 Å². The molecule has 0 radical (unpaired) electrons. The second-order valence-electron chi connectivity index (χ2n) is 20.7. The number of allylic oxidation sites excluding steroid dienone is 1. The van der Waals surface area contributed by atoms with Crippen LogP contribution in [0.4, 0.5) is 0 Å². The fourth-order valence-corrected chi connectivity index (χ4v) is 8.79. The number of unbranched alkanes of at least 4 members (excludes halogenated alkanes) is 6. The highest BCUT2D eigenvalue weighted by Crippen LogP contribution is 2.17. The van der Waals surface area contributed by atoms with Gasteiger partial charge in [0.15, 0.2) is 12.1 Å². The van der Waals surface area contributed by atoms with Gasteiger partial charge in [-0.25, -0.2) is 9.59 Å². The lowest BCUT2D eigenvalue weighted by molar-refractivity contribution is -0.153. The van der Waals surface area contributed by atoms with Crippen LogP contribution in [0.5, 0.6) is 5.75 Å². The van der Waals surface area contributed by atoms with E-state index in [0.29, 0.717) is 17.9 Å². The smallest absolute Gasteiger partial charge is 0.335 e. The number of carboxylic acid groups (broad SMARTS) is 2. The van der Waals surface area contributed by atoms with Crippen LogP contribution in [-0.4, -0.2) is 213 Å². The number of rotatable bonds is 28. The molecule has 0 aromatic heterocycles. The summed E-state index contributed by atoms with van der Waals surface area (Å²) >= 11 is 5.91. The van der Waals surface area contributed by atoms with Gasteiger partial charge in [-0.05, 0) is 96.1 Å². The van der Waals surface area contributed by atoms with Crippen molar-refractivity contribution in [2.75, 3.05) is 38.7 Å². The largest absolute Gasteiger partial charge is 0.494 e. The van der Waals surface area contributed by atoms with Crippen molar-refractivity contribution in [2.24, 2.45) is 17.2 Å². The second-order valence-corrected chi connectivity index (χ2v) is 21.0. The monoisotopic (exact) mass is 1270 g/mol. The molecule has 0 saturated carbocycles. The van der Waals surface area contributed by atoms with E-state index in [1.165, 1.54) is 6.92 Å². The zero-order valence-corrected chi connectivity index (χ0v) is 50.2. The Bertz CT molecular complexity index is 2550. The van der Waals surface area contributed by atoms with Crippen molar-refractivity contribution in [3.63, 3.8) is 0 Å². The first-order valence-electron chi connectivity index (χ1n) is 28.9. The molecule has 1 aliphatic heterocycles. The minimum atomic E-state index is -2.78. The molecule has 0 aliphatic carbocycles. The van der Waals surface area contributed by atoms with Gasteiger partial charge < -0.3 is 105 Å². The Labute approximate surface area is 513 Å². The Morgan fingerprint density at radius 2 is 1.26 bits per heavy atom. The van der Waals surface area contributed by atoms with E-state index in [9.17, 15) is 88.2 Å². The van der Waals surface area contributed by atoms with Gasteiger partial charge in [-0.1, -0.05) is 57.2 Å². The van der Waals surface area contributed by atoms with Crippen LogP contribution in [0, 0.1) is 0 Å². The number of hydrogen-bond donors (Lipinski definition) is 18. The van der Waals surface area contributed by atoms with E-state index in [0.717, 1.165) is 51.5 Å². The zero-order valence-electron chi connectivity index (χ0n) is 49.5. The summed E-state index contributed by atoms with van der Waals surface area (Å²) in [5.41, 5.74) is 17.0. The average Bonchev–Trinajstić information content (AvgIpc) is 3.33. The molecule has 1 aromatic rings. The average molecular weight is 1270 g/mol. The number of hydrogen-bond acceptors (Lipinski definition) is 21. The summed E-state index contributed by atoms with van der Waals surface area (Å²) in [6.45, 7) is 2.94. The summed E-state index contributed by atoms with van der Waals surface area (Å²) in [5.74, 6) is -17.4. The Balaban J connectivity index is 2.76. The number of ether oxygens (including phenoxy) is 2. The Morgan fingerprint density at radius 1 is 0.693 bits per heavy atom. The van der Waals surface area contributed by atoms with E-state index in [1.54, 1.807) is 24.3 Å². The summed E-state index contributed by atoms with van der Waals surface area (Å²) < 4.78 is 11.2. The molecule has 9 amide bonds. The van der Waals surface area contributed by atoms with Crippen LogP contribution in [0.3, 0.4) is 0 Å². The third-order valence-corrected chi connectivity index (χ3v) is 13.8. The van der Waals surface area contributed by atoms with Crippen LogP contribution in [0.25, 0.3) is 0 Å². The van der Waals surface area contributed by atoms with Gasteiger partial charge in [-0.2, -0.15) is 0 Å². The normalized spacial score (nSPS) is 23.7. The van der Waals surface area contributed by atoms with Crippen LogP contribution >= 0.6 is 11.6 Å². The molecule has 1 heterocycles. The van der Waals surface area contributed by atoms with Crippen LogP contribution in [0.15, 0.2) is 36.0 Å². The Kier molecular flexibility index (Phi) is 35.5. The van der Waals surface area contributed by atoms with Crippen LogP contribution < -0.4 is 69.8 Å². The van der Waals surface area contributed by atoms with Crippen LogP contribution in [-0.2, 0) is 68.7 Å². The van der Waals surface area contributed by atoms with E-state index >= 15 is 0 Å². The lowest BCUT2D eigenvalue weighted by Crippen LogP contribution is -2.63. The number of esters is 1. The highest BCUT2D eigenvalue weighted by Gasteiger charge is 2.40. The summed E-state index contributed by atoms with van der Waals surface area (Å²) in [6, 6.07) is -9.39. The number of benzene rings is 1. The Morgan fingerprint density at radius 3 is 1.84 bits per heavy atom. The van der Waals surface area contributed by atoms with Gasteiger partial charge in [0, 0.05) is 0 Å². The number of carboxylic acids is 2. The van der Waals surface area contributed by atoms with E-state index in [1.807, 2.05) is 5.32 Å². The quantitative estimate of drug-likeness (QED) is 0.0162. The molecule has 494 valence electrons. The molecule has 6 unspecified atom stereocenters. The van der Waals surface area contributed by atoms with Gasteiger partial charge in [0.2, 0.25) is 47.3 Å². The fraction of sp³-hybridized carbons (Fsp3) is 0.636. The maximum Gasteiger partial charge on any atom is 0.335 e. The molecular formula is C55H87ClN12O20.